The number of rotatable bonds is 3. The van der Waals surface area contributed by atoms with Crippen molar-refractivity contribution >= 4 is 90.8 Å². The zero-order valence-corrected chi connectivity index (χ0v) is 18.8. The number of carboxylic acid groups (broad SMARTS) is 1. The number of benzene rings is 3. The van der Waals surface area contributed by atoms with Crippen LogP contribution in [-0.4, -0.2) is 22.1 Å². The van der Waals surface area contributed by atoms with Crippen molar-refractivity contribution in [2.45, 2.75) is 0 Å². The van der Waals surface area contributed by atoms with Gasteiger partial charge in [0.05, 0.1) is 11.3 Å². The van der Waals surface area contributed by atoms with Crippen LogP contribution in [0.1, 0.15) is 20.7 Å². The highest BCUT2D eigenvalue weighted by atomic mass is 127. The van der Waals surface area contributed by atoms with Gasteiger partial charge in [0, 0.05) is 12.7 Å². The van der Waals surface area contributed by atoms with Crippen LogP contribution in [0.4, 0.5) is 5.69 Å². The van der Waals surface area contributed by atoms with E-state index in [4.69, 9.17) is 12.2 Å². The first-order valence-electron chi connectivity index (χ1n) is 7.69. The van der Waals surface area contributed by atoms with Gasteiger partial charge in [-0.2, -0.15) is 0 Å². The topological polar surface area (TPSA) is 78.4 Å². The second-order valence-electron chi connectivity index (χ2n) is 5.55. The molecule has 0 saturated heterocycles. The van der Waals surface area contributed by atoms with Gasteiger partial charge in [-0.1, -0.05) is 36.4 Å². The van der Waals surface area contributed by atoms with Crippen LogP contribution in [0.25, 0.3) is 10.8 Å². The molecule has 0 heterocycles. The summed E-state index contributed by atoms with van der Waals surface area (Å²) in [5.74, 6) is -1.43. The molecule has 3 N–H and O–H groups in total. The van der Waals surface area contributed by atoms with Gasteiger partial charge in [0.15, 0.2) is 5.11 Å². The van der Waals surface area contributed by atoms with E-state index < -0.39 is 5.97 Å². The largest absolute Gasteiger partial charge is 0.478 e. The molecular formula is C19H12I2N2O3S. The third-order valence-corrected chi connectivity index (χ3v) is 5.46. The van der Waals surface area contributed by atoms with Crippen LogP contribution < -0.4 is 10.6 Å². The van der Waals surface area contributed by atoms with Crippen LogP contribution in [0.15, 0.2) is 54.6 Å². The lowest BCUT2D eigenvalue weighted by Gasteiger charge is -2.14. The Kier molecular flexibility index (Phi) is 6.27. The summed E-state index contributed by atoms with van der Waals surface area (Å²) in [6.45, 7) is 0. The molecule has 0 spiro atoms. The molecule has 0 aliphatic carbocycles. The van der Waals surface area contributed by atoms with Gasteiger partial charge in [0.2, 0.25) is 0 Å². The number of carboxylic acids is 1. The van der Waals surface area contributed by atoms with Gasteiger partial charge in [-0.05, 0) is 86.4 Å². The summed E-state index contributed by atoms with van der Waals surface area (Å²) >= 11 is 9.32. The minimum Gasteiger partial charge on any atom is -0.478 e. The number of aromatic carboxylic acids is 1. The summed E-state index contributed by atoms with van der Waals surface area (Å²) in [6, 6.07) is 16.4. The smallest absolute Gasteiger partial charge is 0.337 e. The molecule has 0 radical (unpaired) electrons. The van der Waals surface area contributed by atoms with Crippen LogP contribution in [0.5, 0.6) is 0 Å². The first kappa shape index (κ1) is 20.0. The molecule has 0 saturated carbocycles. The molecule has 27 heavy (non-hydrogen) atoms. The Balaban J connectivity index is 1.84. The quantitative estimate of drug-likeness (QED) is 0.295. The van der Waals surface area contributed by atoms with Crippen molar-refractivity contribution in [1.29, 1.82) is 0 Å². The average molecular weight is 602 g/mol. The standard InChI is InChI=1S/C19H12I2N2O3S/c20-11-8-14(18(25)26)16(15(21)9-11)22-19(27)23-17(24)13-7-3-5-10-4-1-2-6-12(10)13/h1-9H,(H,25,26)(H2,22,23,24,27). The van der Waals surface area contributed by atoms with Gasteiger partial charge in [0.25, 0.3) is 5.91 Å². The van der Waals surface area contributed by atoms with Gasteiger partial charge < -0.3 is 10.4 Å². The number of carbonyl (C=O) groups excluding carboxylic acids is 1. The first-order chi connectivity index (χ1) is 12.9. The Morgan fingerprint density at radius 3 is 2.41 bits per heavy atom. The summed E-state index contributed by atoms with van der Waals surface area (Å²) in [5.41, 5.74) is 0.938. The number of nitrogens with one attached hydrogen (secondary N) is 2. The van der Waals surface area contributed by atoms with Gasteiger partial charge in [0.1, 0.15) is 0 Å². The van der Waals surface area contributed by atoms with E-state index in [0.29, 0.717) is 14.8 Å². The SMILES string of the molecule is O=C(O)c1cc(I)cc(I)c1NC(=S)NC(=O)c1cccc2ccccc12. The Morgan fingerprint density at radius 1 is 0.963 bits per heavy atom. The molecule has 3 aromatic carbocycles. The summed E-state index contributed by atoms with van der Waals surface area (Å²) in [6.07, 6.45) is 0. The summed E-state index contributed by atoms with van der Waals surface area (Å²) < 4.78 is 1.49. The maximum atomic E-state index is 12.7. The summed E-state index contributed by atoms with van der Waals surface area (Å²) in [4.78, 5) is 24.2. The van der Waals surface area contributed by atoms with Crippen LogP contribution in [0, 0.1) is 7.14 Å². The molecule has 3 rings (SSSR count). The van der Waals surface area contributed by atoms with Gasteiger partial charge in [-0.25, -0.2) is 4.79 Å². The van der Waals surface area contributed by atoms with Crippen LogP contribution in [0.2, 0.25) is 0 Å². The fourth-order valence-electron chi connectivity index (χ4n) is 2.61. The van der Waals surface area contributed by atoms with Crippen molar-refractivity contribution in [2.24, 2.45) is 0 Å². The predicted molar refractivity (Wildman–Crippen MR) is 126 cm³/mol. The first-order valence-corrected chi connectivity index (χ1v) is 10.3. The Hall–Kier alpha value is -1.79. The van der Waals surface area contributed by atoms with Crippen molar-refractivity contribution in [3.8, 4) is 0 Å². The molecule has 0 fully saturated rings. The Bertz CT molecular complexity index is 1080. The van der Waals surface area contributed by atoms with Gasteiger partial charge >= 0.3 is 5.97 Å². The zero-order chi connectivity index (χ0) is 19.6. The maximum Gasteiger partial charge on any atom is 0.337 e. The van der Waals surface area contributed by atoms with E-state index in [1.807, 2.05) is 59.0 Å². The van der Waals surface area contributed by atoms with Crippen molar-refractivity contribution in [2.75, 3.05) is 5.32 Å². The molecule has 0 unspecified atom stereocenters. The van der Waals surface area contributed by atoms with Crippen LogP contribution in [0.3, 0.4) is 0 Å². The molecule has 0 atom stereocenters. The fourth-order valence-corrected chi connectivity index (χ4v) is 4.78. The molecule has 3 aromatic rings. The number of halogens is 2. The van der Waals surface area contributed by atoms with E-state index in [1.165, 1.54) is 0 Å². The highest BCUT2D eigenvalue weighted by Crippen LogP contribution is 2.26. The maximum absolute atomic E-state index is 12.7. The number of hydrogen-bond donors (Lipinski definition) is 3. The molecule has 8 heteroatoms. The monoisotopic (exact) mass is 602 g/mol. The van der Waals surface area contributed by atoms with E-state index >= 15 is 0 Å². The molecule has 0 aromatic heterocycles. The molecule has 1 amide bonds. The van der Waals surface area contributed by atoms with Gasteiger partial charge in [-0.3, -0.25) is 10.1 Å². The second kappa shape index (κ2) is 8.48. The number of fused-ring (bicyclic) bond motifs is 1. The Morgan fingerprint density at radius 2 is 1.67 bits per heavy atom. The van der Waals surface area contributed by atoms with E-state index in [1.54, 1.807) is 18.2 Å². The summed E-state index contributed by atoms with van der Waals surface area (Å²) in [5, 5.41) is 16.7. The van der Waals surface area contributed by atoms with E-state index in [9.17, 15) is 14.7 Å². The zero-order valence-electron chi connectivity index (χ0n) is 13.6. The second-order valence-corrected chi connectivity index (χ2v) is 8.37. The molecular weight excluding hydrogens is 590 g/mol. The van der Waals surface area contributed by atoms with Crippen molar-refractivity contribution in [1.82, 2.24) is 5.32 Å². The van der Waals surface area contributed by atoms with E-state index in [-0.39, 0.29) is 16.6 Å². The number of amides is 1. The van der Waals surface area contributed by atoms with E-state index in [0.717, 1.165) is 14.3 Å². The van der Waals surface area contributed by atoms with Crippen molar-refractivity contribution < 1.29 is 14.7 Å². The number of thiocarbonyl (C=S) groups is 1. The number of anilines is 1. The van der Waals surface area contributed by atoms with Crippen molar-refractivity contribution in [3.63, 3.8) is 0 Å². The summed E-state index contributed by atoms with van der Waals surface area (Å²) in [7, 11) is 0. The minimum atomic E-state index is -1.07. The number of carbonyl (C=O) groups is 2. The van der Waals surface area contributed by atoms with Gasteiger partial charge in [-0.15, -0.1) is 0 Å². The molecule has 0 aliphatic rings. The van der Waals surface area contributed by atoms with E-state index in [2.05, 4.69) is 33.2 Å². The average Bonchev–Trinajstić information content (AvgIpc) is 2.63. The third kappa shape index (κ3) is 4.55. The molecule has 0 bridgehead atoms. The lowest BCUT2D eigenvalue weighted by molar-refractivity contribution is 0.0697. The van der Waals surface area contributed by atoms with Crippen LogP contribution in [-0.2, 0) is 0 Å². The van der Waals surface area contributed by atoms with Crippen molar-refractivity contribution in [3.05, 3.63) is 72.9 Å². The molecule has 136 valence electrons. The fraction of sp³-hybridized carbons (Fsp3) is 0. The highest BCUT2D eigenvalue weighted by Gasteiger charge is 2.17. The third-order valence-electron chi connectivity index (χ3n) is 3.79. The predicted octanol–water partition coefficient (Wildman–Crippen LogP) is 4.87. The lowest BCUT2D eigenvalue weighted by atomic mass is 10.0. The molecule has 5 nitrogen and oxygen atoms in total. The Labute approximate surface area is 187 Å². The molecule has 0 aliphatic heterocycles. The minimum absolute atomic E-state index is 0.0366. The lowest BCUT2D eigenvalue weighted by Crippen LogP contribution is -2.35. The highest BCUT2D eigenvalue weighted by molar-refractivity contribution is 14.1. The van der Waals surface area contributed by atoms with Crippen LogP contribution >= 0.6 is 57.4 Å². The normalized spacial score (nSPS) is 10.4. The number of hydrogen-bond acceptors (Lipinski definition) is 3.